The molecule has 8 atom stereocenters. The first-order valence-corrected chi connectivity index (χ1v) is 25.0. The summed E-state index contributed by atoms with van der Waals surface area (Å²) < 4.78 is 12.8. The van der Waals surface area contributed by atoms with Crippen LogP contribution in [0, 0.1) is 17.8 Å². The number of fused-ring (bicyclic) bond motifs is 2. The van der Waals surface area contributed by atoms with E-state index in [4.69, 9.17) is 9.47 Å². The molecule has 2 aromatic rings. The van der Waals surface area contributed by atoms with E-state index in [9.17, 15) is 28.8 Å². The van der Waals surface area contributed by atoms with Crippen LogP contribution >= 0.6 is 0 Å². The van der Waals surface area contributed by atoms with Crippen LogP contribution in [0.15, 0.2) is 36.4 Å². The molecule has 15 nitrogen and oxygen atoms in total. The summed E-state index contributed by atoms with van der Waals surface area (Å²) in [6, 6.07) is 8.07. The van der Waals surface area contributed by atoms with Crippen LogP contribution in [0.2, 0.25) is 0 Å². The highest BCUT2D eigenvalue weighted by atomic mass is 16.5. The standard InChI is InChI=1S/C51H71N7O8/c1-5-30(2)46(59)55-42(32-14-6-7-15-32)50(63)57-26-12-22-40(57)48(61)53-38-24-28-65-44-34(18-10-20-36(38)44)35-19-11-21-37-39(25-29-66-45(35)37)54-49(62)41-23-13-27-58(41)51(64)43(33-16-8-9-17-33)56-47(60)31(3)52-4/h10-11,18-21,30-33,38-43,52H,5-9,12-17,22-29H2,1-4H3,(H,53,61)(H,54,62)(H,55,59)(H,56,60)/t30-,31+,38-,39-,40+,41+,42+,43+/m1/s1. The lowest BCUT2D eigenvalue weighted by molar-refractivity contribution is -0.143. The van der Waals surface area contributed by atoms with E-state index >= 15 is 0 Å². The van der Waals surface area contributed by atoms with Gasteiger partial charge in [0.1, 0.15) is 35.7 Å². The van der Waals surface area contributed by atoms with Gasteiger partial charge >= 0.3 is 0 Å². The lowest BCUT2D eigenvalue weighted by atomic mass is 9.90. The van der Waals surface area contributed by atoms with Crippen LogP contribution in [0.25, 0.3) is 11.1 Å². The minimum Gasteiger partial charge on any atom is -0.492 e. The zero-order chi connectivity index (χ0) is 46.5. The van der Waals surface area contributed by atoms with Gasteiger partial charge in [0.2, 0.25) is 35.4 Å². The first-order chi connectivity index (χ1) is 32.0. The Bertz CT molecular complexity index is 1970. The van der Waals surface area contributed by atoms with Gasteiger partial charge < -0.3 is 45.9 Å². The number of nitrogens with zero attached hydrogens (tertiary/aromatic N) is 2. The summed E-state index contributed by atoms with van der Waals surface area (Å²) in [6.45, 7) is 7.30. The Morgan fingerprint density at radius 3 is 1.47 bits per heavy atom. The first-order valence-electron chi connectivity index (χ1n) is 25.0. The van der Waals surface area contributed by atoms with Crippen LogP contribution in [-0.2, 0) is 28.8 Å². The molecule has 66 heavy (non-hydrogen) atoms. The normalized spacial score (nSPS) is 24.8. The van der Waals surface area contributed by atoms with Gasteiger partial charge in [-0.2, -0.15) is 0 Å². The fourth-order valence-corrected chi connectivity index (χ4v) is 11.3. The number of para-hydroxylation sites is 2. The molecule has 358 valence electrons. The SMILES string of the molecule is CC[C@@H](C)C(=O)N[C@H](C(=O)N1CCC[C@H]1C(=O)N[C@@H]1CCOc2c(-c3cccc4c3OCC[C@H]4NC(=O)[C@@H]3CCCN3C(=O)[C@@H](NC(=O)[C@H](C)NC)C3CCCC3)cccc21)C1CCCC1. The number of benzene rings is 2. The van der Waals surface area contributed by atoms with E-state index in [1.165, 1.54) is 0 Å². The van der Waals surface area contributed by atoms with Crippen molar-refractivity contribution in [3.05, 3.63) is 47.5 Å². The largest absolute Gasteiger partial charge is 0.492 e. The molecule has 6 aliphatic rings. The molecule has 2 aromatic carbocycles. The van der Waals surface area contributed by atoms with Crippen molar-refractivity contribution in [2.24, 2.45) is 17.8 Å². The number of hydrogen-bond acceptors (Lipinski definition) is 9. The molecule has 0 unspecified atom stereocenters. The Kier molecular flexibility index (Phi) is 15.2. The van der Waals surface area contributed by atoms with Crippen molar-refractivity contribution < 1.29 is 38.2 Å². The van der Waals surface area contributed by atoms with E-state index in [1.54, 1.807) is 23.8 Å². The number of carbonyl (C=O) groups is 6. The van der Waals surface area contributed by atoms with Crippen LogP contribution in [0.4, 0.5) is 0 Å². The van der Waals surface area contributed by atoms with Crippen LogP contribution < -0.4 is 36.1 Å². The Morgan fingerprint density at radius 1 is 0.606 bits per heavy atom. The Morgan fingerprint density at radius 2 is 1.05 bits per heavy atom. The molecular formula is C51H71N7O8. The van der Waals surface area contributed by atoms with Crippen molar-refractivity contribution in [3.63, 3.8) is 0 Å². The molecule has 2 saturated heterocycles. The first kappa shape index (κ1) is 47.3. The predicted molar refractivity (Wildman–Crippen MR) is 249 cm³/mol. The smallest absolute Gasteiger partial charge is 0.246 e. The number of hydrogen-bond donors (Lipinski definition) is 5. The topological polar surface area (TPSA) is 188 Å². The van der Waals surface area contributed by atoms with Gasteiger partial charge in [0.15, 0.2) is 0 Å². The highest BCUT2D eigenvalue weighted by molar-refractivity contribution is 5.95. The van der Waals surface area contributed by atoms with Crippen molar-refractivity contribution in [3.8, 4) is 22.6 Å². The Hall–Kier alpha value is -5.18. The van der Waals surface area contributed by atoms with Crippen molar-refractivity contribution in [1.29, 1.82) is 0 Å². The number of likely N-dealkylation sites (N-methyl/N-ethyl adjacent to an activating group) is 1. The summed E-state index contributed by atoms with van der Waals surface area (Å²) in [7, 11) is 1.72. The zero-order valence-electron chi connectivity index (χ0n) is 39.3. The zero-order valence-corrected chi connectivity index (χ0v) is 39.3. The second-order valence-electron chi connectivity index (χ2n) is 19.6. The summed E-state index contributed by atoms with van der Waals surface area (Å²) in [5.41, 5.74) is 3.29. The van der Waals surface area contributed by atoms with E-state index in [-0.39, 0.29) is 65.3 Å². The van der Waals surface area contributed by atoms with E-state index in [0.717, 1.165) is 73.6 Å². The molecule has 2 aliphatic carbocycles. The Labute approximate surface area is 389 Å². The second kappa shape index (κ2) is 21.2. The molecule has 0 bridgehead atoms. The van der Waals surface area contributed by atoms with Gasteiger partial charge in [-0.25, -0.2) is 0 Å². The number of nitrogens with one attached hydrogen (secondary N) is 5. The monoisotopic (exact) mass is 910 g/mol. The summed E-state index contributed by atoms with van der Waals surface area (Å²) in [5, 5.41) is 15.7. The summed E-state index contributed by atoms with van der Waals surface area (Å²) in [5.74, 6) is 0.121. The van der Waals surface area contributed by atoms with Crippen LogP contribution in [-0.4, -0.2) is 109 Å². The number of likely N-dealkylation sites (tertiary alicyclic amines) is 2. The third kappa shape index (κ3) is 9.92. The number of ether oxygens (including phenoxy) is 2. The lowest BCUT2D eigenvalue weighted by Crippen LogP contribution is -2.57. The number of carbonyl (C=O) groups excluding carboxylic acids is 6. The third-order valence-corrected chi connectivity index (χ3v) is 15.5. The van der Waals surface area contributed by atoms with Gasteiger partial charge in [0, 0.05) is 54.1 Å². The van der Waals surface area contributed by atoms with Crippen molar-refractivity contribution in [1.82, 2.24) is 36.4 Å². The van der Waals surface area contributed by atoms with Gasteiger partial charge in [-0.05, 0) is 83.6 Å². The number of rotatable bonds is 15. The van der Waals surface area contributed by atoms with Gasteiger partial charge in [0.25, 0.3) is 0 Å². The molecular weight excluding hydrogens is 839 g/mol. The summed E-state index contributed by atoms with van der Waals surface area (Å²) in [6.07, 6.45) is 11.9. The quantitative estimate of drug-likeness (QED) is 0.160. The molecule has 0 aromatic heterocycles. The second-order valence-corrected chi connectivity index (χ2v) is 19.6. The predicted octanol–water partition coefficient (Wildman–Crippen LogP) is 5.22. The van der Waals surface area contributed by atoms with Crippen molar-refractivity contribution in [2.75, 3.05) is 33.4 Å². The molecule has 15 heteroatoms. The van der Waals surface area contributed by atoms with Crippen molar-refractivity contribution in [2.45, 2.75) is 159 Å². The van der Waals surface area contributed by atoms with E-state index in [2.05, 4.69) is 26.6 Å². The van der Waals surface area contributed by atoms with E-state index in [0.29, 0.717) is 82.7 Å². The maximum Gasteiger partial charge on any atom is 0.246 e. The lowest BCUT2D eigenvalue weighted by Gasteiger charge is -2.34. The average molecular weight is 910 g/mol. The molecule has 5 N–H and O–H groups in total. The fraction of sp³-hybridized carbons (Fsp3) is 0.647. The maximum absolute atomic E-state index is 14.3. The summed E-state index contributed by atoms with van der Waals surface area (Å²) in [4.78, 5) is 86.5. The van der Waals surface area contributed by atoms with Crippen LogP contribution in [0.1, 0.15) is 140 Å². The average Bonchev–Trinajstić information content (AvgIpc) is 4.20. The molecule has 6 amide bonds. The molecule has 0 radical (unpaired) electrons. The highest BCUT2D eigenvalue weighted by Crippen LogP contribution is 2.47. The van der Waals surface area contributed by atoms with Crippen LogP contribution in [0.5, 0.6) is 11.5 Å². The molecule has 2 saturated carbocycles. The molecule has 4 heterocycles. The fourth-order valence-electron chi connectivity index (χ4n) is 11.3. The van der Waals surface area contributed by atoms with Gasteiger partial charge in [0.05, 0.1) is 31.3 Å². The van der Waals surface area contributed by atoms with Gasteiger partial charge in [-0.15, -0.1) is 0 Å². The highest BCUT2D eigenvalue weighted by Gasteiger charge is 2.44. The molecule has 0 spiro atoms. The van der Waals surface area contributed by atoms with E-state index < -0.39 is 30.2 Å². The Balaban J connectivity index is 0.969. The van der Waals surface area contributed by atoms with Gasteiger partial charge in [-0.1, -0.05) is 75.9 Å². The molecule has 4 fully saturated rings. The van der Waals surface area contributed by atoms with E-state index in [1.807, 2.05) is 50.2 Å². The minimum absolute atomic E-state index is 0.0400. The van der Waals surface area contributed by atoms with Crippen LogP contribution in [0.3, 0.4) is 0 Å². The number of amides is 6. The maximum atomic E-state index is 14.3. The minimum atomic E-state index is -0.669. The molecule has 4 aliphatic heterocycles. The summed E-state index contributed by atoms with van der Waals surface area (Å²) >= 11 is 0. The van der Waals surface area contributed by atoms with Gasteiger partial charge in [-0.3, -0.25) is 28.8 Å². The third-order valence-electron chi connectivity index (χ3n) is 15.5. The van der Waals surface area contributed by atoms with Crippen molar-refractivity contribution >= 4 is 35.4 Å². The molecule has 8 rings (SSSR count).